The number of amides is 2. The molecular formula is C17H16N2O2. The molecule has 0 atom stereocenters. The van der Waals surface area contributed by atoms with Crippen LogP contribution >= 0.6 is 0 Å². The van der Waals surface area contributed by atoms with Gasteiger partial charge < -0.3 is 10.2 Å². The van der Waals surface area contributed by atoms with E-state index in [1.165, 1.54) is 0 Å². The van der Waals surface area contributed by atoms with Crippen molar-refractivity contribution < 1.29 is 9.59 Å². The van der Waals surface area contributed by atoms with Crippen molar-refractivity contribution in [3.05, 3.63) is 59.2 Å². The molecule has 0 saturated carbocycles. The van der Waals surface area contributed by atoms with E-state index in [0.29, 0.717) is 12.0 Å². The van der Waals surface area contributed by atoms with Crippen LogP contribution in [0.5, 0.6) is 0 Å². The highest BCUT2D eigenvalue weighted by molar-refractivity contribution is 6.08. The number of aryl methyl sites for hydroxylation is 1. The Balaban J connectivity index is 1.89. The van der Waals surface area contributed by atoms with Crippen molar-refractivity contribution in [1.29, 1.82) is 0 Å². The largest absolute Gasteiger partial charge is 0.326 e. The molecular weight excluding hydrogens is 264 g/mol. The van der Waals surface area contributed by atoms with Crippen LogP contribution in [-0.2, 0) is 11.2 Å². The predicted molar refractivity (Wildman–Crippen MR) is 82.7 cm³/mol. The number of fused-ring (bicyclic) bond motifs is 1. The van der Waals surface area contributed by atoms with Gasteiger partial charge in [0.15, 0.2) is 0 Å². The van der Waals surface area contributed by atoms with E-state index in [9.17, 15) is 9.59 Å². The summed E-state index contributed by atoms with van der Waals surface area (Å²) in [6, 6.07) is 13.1. The Labute approximate surface area is 123 Å². The van der Waals surface area contributed by atoms with E-state index >= 15 is 0 Å². The van der Waals surface area contributed by atoms with Crippen LogP contribution in [0.1, 0.15) is 21.5 Å². The lowest BCUT2D eigenvalue weighted by Crippen LogP contribution is -2.26. The Bertz CT molecular complexity index is 737. The number of hydrogen-bond donors (Lipinski definition) is 1. The molecule has 1 heterocycles. The van der Waals surface area contributed by atoms with Crippen molar-refractivity contribution in [2.75, 3.05) is 17.3 Å². The molecule has 106 valence electrons. The Kier molecular flexibility index (Phi) is 3.22. The summed E-state index contributed by atoms with van der Waals surface area (Å²) in [6.45, 7) is 1.99. The second-order valence-corrected chi connectivity index (χ2v) is 5.30. The average molecular weight is 280 g/mol. The molecule has 3 rings (SSSR count). The second kappa shape index (κ2) is 5.05. The van der Waals surface area contributed by atoms with Crippen LogP contribution in [0.3, 0.4) is 0 Å². The normalized spacial score (nSPS) is 12.8. The van der Waals surface area contributed by atoms with Gasteiger partial charge in [-0.15, -0.1) is 0 Å². The highest BCUT2D eigenvalue weighted by Crippen LogP contribution is 2.25. The highest BCUT2D eigenvalue weighted by Gasteiger charge is 2.20. The molecule has 1 aliphatic heterocycles. The van der Waals surface area contributed by atoms with E-state index in [4.69, 9.17) is 0 Å². The molecule has 0 fully saturated rings. The molecule has 2 amide bonds. The van der Waals surface area contributed by atoms with Gasteiger partial charge in [-0.05, 0) is 42.3 Å². The van der Waals surface area contributed by atoms with Gasteiger partial charge in [-0.1, -0.05) is 18.2 Å². The summed E-state index contributed by atoms with van der Waals surface area (Å²) in [5, 5.41) is 2.77. The minimum Gasteiger partial charge on any atom is -0.326 e. The standard InChI is InChI=1S/C17H16N2O2/c1-11-4-3-5-14(8-11)19(2)17(21)13-7-6-12-10-16(20)18-15(12)9-13/h3-9H,10H2,1-2H3,(H,18,20). The van der Waals surface area contributed by atoms with Gasteiger partial charge in [0.1, 0.15) is 0 Å². The minimum absolute atomic E-state index is 0.0263. The number of nitrogens with zero attached hydrogens (tertiary/aromatic N) is 1. The first-order valence-corrected chi connectivity index (χ1v) is 6.82. The summed E-state index contributed by atoms with van der Waals surface area (Å²) in [5.41, 5.74) is 4.20. The van der Waals surface area contributed by atoms with Crippen molar-refractivity contribution >= 4 is 23.2 Å². The van der Waals surface area contributed by atoms with E-state index in [1.807, 2.05) is 37.3 Å². The maximum atomic E-state index is 12.6. The van der Waals surface area contributed by atoms with E-state index in [2.05, 4.69) is 5.32 Å². The molecule has 0 bridgehead atoms. The summed E-state index contributed by atoms with van der Waals surface area (Å²) in [6.07, 6.45) is 0.386. The zero-order valence-corrected chi connectivity index (χ0v) is 12.0. The maximum absolute atomic E-state index is 12.6. The molecule has 2 aromatic carbocycles. The molecule has 0 aromatic heterocycles. The number of hydrogen-bond acceptors (Lipinski definition) is 2. The Morgan fingerprint density at radius 3 is 2.76 bits per heavy atom. The predicted octanol–water partition coefficient (Wildman–Crippen LogP) is 2.77. The SMILES string of the molecule is Cc1cccc(N(C)C(=O)c2ccc3c(c2)NC(=O)C3)c1. The number of rotatable bonds is 2. The van der Waals surface area contributed by atoms with Gasteiger partial charge in [-0.2, -0.15) is 0 Å². The van der Waals surface area contributed by atoms with Gasteiger partial charge in [0, 0.05) is 24.0 Å². The Hall–Kier alpha value is -2.62. The molecule has 1 N–H and O–H groups in total. The van der Waals surface area contributed by atoms with E-state index in [-0.39, 0.29) is 11.8 Å². The van der Waals surface area contributed by atoms with Gasteiger partial charge in [0.25, 0.3) is 5.91 Å². The summed E-state index contributed by atoms with van der Waals surface area (Å²) in [7, 11) is 1.75. The first-order valence-electron chi connectivity index (χ1n) is 6.82. The fourth-order valence-electron chi connectivity index (χ4n) is 2.49. The summed E-state index contributed by atoms with van der Waals surface area (Å²) < 4.78 is 0. The Morgan fingerprint density at radius 1 is 1.19 bits per heavy atom. The van der Waals surface area contributed by atoms with Gasteiger partial charge in [-0.25, -0.2) is 0 Å². The minimum atomic E-state index is -0.0930. The molecule has 0 saturated heterocycles. The summed E-state index contributed by atoms with van der Waals surface area (Å²) in [5.74, 6) is -0.119. The van der Waals surface area contributed by atoms with Crippen LogP contribution in [0.15, 0.2) is 42.5 Å². The third-order valence-corrected chi connectivity index (χ3v) is 3.68. The topological polar surface area (TPSA) is 49.4 Å². The quantitative estimate of drug-likeness (QED) is 0.919. The first-order chi connectivity index (χ1) is 10.0. The molecule has 0 radical (unpaired) electrons. The number of anilines is 2. The molecule has 0 aliphatic carbocycles. The van der Waals surface area contributed by atoms with Crippen LogP contribution in [0.4, 0.5) is 11.4 Å². The fourth-order valence-corrected chi connectivity index (χ4v) is 2.49. The van der Waals surface area contributed by atoms with Crippen LogP contribution in [-0.4, -0.2) is 18.9 Å². The molecule has 21 heavy (non-hydrogen) atoms. The third kappa shape index (κ3) is 2.52. The number of benzene rings is 2. The number of nitrogens with one attached hydrogen (secondary N) is 1. The monoisotopic (exact) mass is 280 g/mol. The van der Waals surface area contributed by atoms with Crippen LogP contribution < -0.4 is 10.2 Å². The average Bonchev–Trinajstić information content (AvgIpc) is 2.84. The fraction of sp³-hybridized carbons (Fsp3) is 0.176. The highest BCUT2D eigenvalue weighted by atomic mass is 16.2. The van der Waals surface area contributed by atoms with E-state index < -0.39 is 0 Å². The van der Waals surface area contributed by atoms with Gasteiger partial charge >= 0.3 is 0 Å². The van der Waals surface area contributed by atoms with Crippen molar-refractivity contribution in [2.45, 2.75) is 13.3 Å². The Morgan fingerprint density at radius 2 is 2.00 bits per heavy atom. The molecule has 4 nitrogen and oxygen atoms in total. The van der Waals surface area contributed by atoms with Gasteiger partial charge in [0.05, 0.1) is 6.42 Å². The molecule has 1 aliphatic rings. The first kappa shape index (κ1) is 13.4. The van der Waals surface area contributed by atoms with Gasteiger partial charge in [0.2, 0.25) is 5.91 Å². The molecule has 0 spiro atoms. The summed E-state index contributed by atoms with van der Waals surface area (Å²) >= 11 is 0. The van der Waals surface area contributed by atoms with Crippen molar-refractivity contribution in [2.24, 2.45) is 0 Å². The lowest BCUT2D eigenvalue weighted by atomic mass is 10.1. The second-order valence-electron chi connectivity index (χ2n) is 5.30. The smallest absolute Gasteiger partial charge is 0.258 e. The maximum Gasteiger partial charge on any atom is 0.258 e. The van der Waals surface area contributed by atoms with Crippen molar-refractivity contribution in [1.82, 2.24) is 0 Å². The van der Waals surface area contributed by atoms with Crippen LogP contribution in [0, 0.1) is 6.92 Å². The van der Waals surface area contributed by atoms with Crippen LogP contribution in [0.25, 0.3) is 0 Å². The lowest BCUT2D eigenvalue weighted by molar-refractivity contribution is -0.115. The van der Waals surface area contributed by atoms with Gasteiger partial charge in [-0.3, -0.25) is 9.59 Å². The van der Waals surface area contributed by atoms with Crippen molar-refractivity contribution in [3.8, 4) is 0 Å². The zero-order valence-electron chi connectivity index (χ0n) is 12.0. The molecule has 2 aromatic rings. The molecule has 4 heteroatoms. The lowest BCUT2D eigenvalue weighted by Gasteiger charge is -2.18. The zero-order chi connectivity index (χ0) is 15.0. The van der Waals surface area contributed by atoms with E-state index in [0.717, 1.165) is 22.5 Å². The summed E-state index contributed by atoms with van der Waals surface area (Å²) in [4.78, 5) is 25.5. The molecule has 0 unspecified atom stereocenters. The van der Waals surface area contributed by atoms with Crippen molar-refractivity contribution in [3.63, 3.8) is 0 Å². The number of carbonyl (C=O) groups excluding carboxylic acids is 2. The van der Waals surface area contributed by atoms with Crippen LogP contribution in [0.2, 0.25) is 0 Å². The number of carbonyl (C=O) groups is 2. The third-order valence-electron chi connectivity index (χ3n) is 3.68. The van der Waals surface area contributed by atoms with E-state index in [1.54, 1.807) is 24.1 Å².